The number of hydrogen-bond acceptors (Lipinski definition) is 4. The van der Waals surface area contributed by atoms with Crippen molar-refractivity contribution in [3.05, 3.63) is 82.4 Å². The predicted octanol–water partition coefficient (Wildman–Crippen LogP) is 4.41. The molecule has 3 aromatic rings. The van der Waals surface area contributed by atoms with E-state index in [1.807, 2.05) is 12.3 Å². The fourth-order valence-corrected chi connectivity index (χ4v) is 5.95. The lowest BCUT2D eigenvalue weighted by Gasteiger charge is -2.32. The van der Waals surface area contributed by atoms with Crippen molar-refractivity contribution in [2.24, 2.45) is 0 Å². The maximum Gasteiger partial charge on any atom is 0.170 e. The van der Waals surface area contributed by atoms with Gasteiger partial charge in [-0.2, -0.15) is 0 Å². The number of nitrogens with one attached hydrogen (secondary N) is 1. The quantitative estimate of drug-likeness (QED) is 0.518. The van der Waals surface area contributed by atoms with E-state index >= 15 is 0 Å². The highest BCUT2D eigenvalue weighted by Gasteiger charge is 2.41. The molecule has 5 rings (SSSR count). The zero-order valence-electron chi connectivity index (χ0n) is 21.1. The molecule has 7 heteroatoms. The van der Waals surface area contributed by atoms with Gasteiger partial charge in [-0.15, -0.1) is 0 Å². The lowest BCUT2D eigenvalue weighted by molar-refractivity contribution is 0.0350. The third-order valence-electron chi connectivity index (χ3n) is 7.21. The Morgan fingerprint density at radius 2 is 1.74 bits per heavy atom. The van der Waals surface area contributed by atoms with E-state index in [1.165, 1.54) is 33.8 Å². The van der Waals surface area contributed by atoms with Crippen molar-refractivity contribution >= 4 is 17.3 Å². The van der Waals surface area contributed by atoms with E-state index in [0.29, 0.717) is 0 Å². The van der Waals surface area contributed by atoms with E-state index < -0.39 is 0 Å². The molecular weight excluding hydrogens is 454 g/mol. The minimum Gasteiger partial charge on any atom is -0.379 e. The molecule has 2 saturated heterocycles. The number of morpholine rings is 1. The molecule has 1 aromatic carbocycles. The second-order valence-corrected chi connectivity index (χ2v) is 10.2. The first-order chi connectivity index (χ1) is 16.9. The summed E-state index contributed by atoms with van der Waals surface area (Å²) in [5, 5.41) is 4.41. The van der Waals surface area contributed by atoms with Crippen LogP contribution in [0.1, 0.15) is 45.9 Å². The van der Waals surface area contributed by atoms with Gasteiger partial charge in [-0.1, -0.05) is 12.1 Å². The Balaban J connectivity index is 1.54. The van der Waals surface area contributed by atoms with E-state index in [9.17, 15) is 0 Å². The molecule has 184 valence electrons. The average Bonchev–Trinajstić information content (AvgIpc) is 3.33. The molecule has 0 spiro atoms. The highest BCUT2D eigenvalue weighted by molar-refractivity contribution is 7.80. The number of aryl methyl sites for hydroxylation is 3. The number of hydrogen-bond donors (Lipinski definition) is 1. The summed E-state index contributed by atoms with van der Waals surface area (Å²) < 4.78 is 7.93. The van der Waals surface area contributed by atoms with E-state index in [0.717, 1.165) is 50.2 Å². The molecule has 2 fully saturated rings. The van der Waals surface area contributed by atoms with Crippen molar-refractivity contribution in [2.45, 2.75) is 39.8 Å². The van der Waals surface area contributed by atoms with Gasteiger partial charge in [-0.3, -0.25) is 9.88 Å². The van der Waals surface area contributed by atoms with Gasteiger partial charge in [0.25, 0.3) is 0 Å². The molecule has 1 N–H and O–H groups in total. The molecule has 2 aromatic heterocycles. The van der Waals surface area contributed by atoms with E-state index in [4.69, 9.17) is 21.9 Å². The van der Waals surface area contributed by atoms with Gasteiger partial charge in [0.05, 0.1) is 31.0 Å². The Bertz CT molecular complexity index is 1180. The van der Waals surface area contributed by atoms with Crippen molar-refractivity contribution < 1.29 is 4.74 Å². The fourth-order valence-electron chi connectivity index (χ4n) is 5.62. The summed E-state index contributed by atoms with van der Waals surface area (Å²) in [6.45, 7) is 14.1. The standard InChI is InChI=1S/C28H35N5OS/c1-19-15-20(2)17-23(16-19)33-21(3)18-24(22(33)4)27-26(25-7-5-6-8-29-25)30-28(35)32(27)10-9-31-11-13-34-14-12-31/h5-8,15-18,26-27H,9-14H2,1-4H3,(H,30,35)/t26-,27+/m1/s1. The monoisotopic (exact) mass is 489 g/mol. The number of rotatable bonds is 6. The number of aromatic nitrogens is 2. The van der Waals surface area contributed by atoms with Gasteiger partial charge in [0.2, 0.25) is 0 Å². The topological polar surface area (TPSA) is 45.6 Å². The second-order valence-electron chi connectivity index (χ2n) is 9.78. The van der Waals surface area contributed by atoms with Gasteiger partial charge in [-0.25, -0.2) is 0 Å². The number of benzene rings is 1. The Labute approximate surface area is 213 Å². The van der Waals surface area contributed by atoms with Crippen molar-refractivity contribution in [2.75, 3.05) is 39.4 Å². The summed E-state index contributed by atoms with van der Waals surface area (Å²) in [6.07, 6.45) is 1.87. The van der Waals surface area contributed by atoms with Crippen molar-refractivity contribution in [3.63, 3.8) is 0 Å². The predicted molar refractivity (Wildman–Crippen MR) is 144 cm³/mol. The number of nitrogens with zero attached hydrogens (tertiary/aromatic N) is 4. The van der Waals surface area contributed by atoms with Gasteiger partial charge in [0, 0.05) is 49.5 Å². The molecule has 6 nitrogen and oxygen atoms in total. The third-order valence-corrected chi connectivity index (χ3v) is 7.56. The summed E-state index contributed by atoms with van der Waals surface area (Å²) in [6, 6.07) is 15.3. The van der Waals surface area contributed by atoms with Crippen molar-refractivity contribution in [1.29, 1.82) is 0 Å². The molecule has 0 bridgehead atoms. The smallest absolute Gasteiger partial charge is 0.170 e. The van der Waals surface area contributed by atoms with Gasteiger partial charge in [0.1, 0.15) is 0 Å². The van der Waals surface area contributed by atoms with Crippen LogP contribution in [0.2, 0.25) is 0 Å². The first-order valence-electron chi connectivity index (χ1n) is 12.5. The summed E-state index contributed by atoms with van der Waals surface area (Å²) in [4.78, 5) is 9.55. The van der Waals surface area contributed by atoms with Crippen LogP contribution in [0.5, 0.6) is 0 Å². The Morgan fingerprint density at radius 3 is 2.43 bits per heavy atom. The zero-order chi connectivity index (χ0) is 24.5. The SMILES string of the molecule is Cc1cc(C)cc(-n2c(C)cc([C@H]3[C@@H](c4ccccn4)NC(=S)N3CCN3CCOCC3)c2C)c1. The molecule has 0 unspecified atom stereocenters. The molecule has 0 amide bonds. The maximum atomic E-state index is 5.91. The normalized spacial score (nSPS) is 20.9. The summed E-state index contributed by atoms with van der Waals surface area (Å²) in [7, 11) is 0. The number of pyridine rings is 1. The van der Waals surface area contributed by atoms with Crippen LogP contribution in [0, 0.1) is 27.7 Å². The lowest BCUT2D eigenvalue weighted by Crippen LogP contribution is -2.42. The average molecular weight is 490 g/mol. The summed E-state index contributed by atoms with van der Waals surface area (Å²) in [5.74, 6) is 0. The molecular formula is C28H35N5OS. The Morgan fingerprint density at radius 1 is 1.00 bits per heavy atom. The van der Waals surface area contributed by atoms with Crippen LogP contribution in [0.15, 0.2) is 48.7 Å². The van der Waals surface area contributed by atoms with Gasteiger partial charge >= 0.3 is 0 Å². The van der Waals surface area contributed by atoms with Gasteiger partial charge in [0.15, 0.2) is 5.11 Å². The highest BCUT2D eigenvalue weighted by Crippen LogP contribution is 2.41. The number of thiocarbonyl (C=S) groups is 1. The van der Waals surface area contributed by atoms with Crippen LogP contribution < -0.4 is 5.32 Å². The molecule has 4 heterocycles. The first kappa shape index (κ1) is 24.0. The summed E-state index contributed by atoms with van der Waals surface area (Å²) in [5.41, 5.74) is 8.56. The van der Waals surface area contributed by atoms with Crippen LogP contribution in [-0.2, 0) is 4.74 Å². The highest BCUT2D eigenvalue weighted by atomic mass is 32.1. The minimum atomic E-state index is 0.00147. The zero-order valence-corrected chi connectivity index (χ0v) is 21.9. The lowest BCUT2D eigenvalue weighted by atomic mass is 9.96. The van der Waals surface area contributed by atoms with Crippen molar-refractivity contribution in [3.8, 4) is 5.69 Å². The molecule has 2 aliphatic rings. The van der Waals surface area contributed by atoms with Gasteiger partial charge < -0.3 is 19.5 Å². The van der Waals surface area contributed by atoms with Crippen LogP contribution in [0.3, 0.4) is 0 Å². The largest absolute Gasteiger partial charge is 0.379 e. The molecule has 0 radical (unpaired) electrons. The Hall–Kier alpha value is -2.74. The van der Waals surface area contributed by atoms with Crippen LogP contribution in [-0.4, -0.2) is 63.9 Å². The van der Waals surface area contributed by atoms with E-state index in [1.54, 1.807) is 0 Å². The third kappa shape index (κ3) is 4.85. The molecule has 35 heavy (non-hydrogen) atoms. The fraction of sp³-hybridized carbons (Fsp3) is 0.429. The molecule has 2 atom stereocenters. The second kappa shape index (κ2) is 10.1. The van der Waals surface area contributed by atoms with Crippen LogP contribution >= 0.6 is 12.2 Å². The van der Waals surface area contributed by atoms with Crippen LogP contribution in [0.4, 0.5) is 0 Å². The minimum absolute atomic E-state index is 0.00147. The van der Waals surface area contributed by atoms with E-state index in [-0.39, 0.29) is 12.1 Å². The number of ether oxygens (including phenoxy) is 1. The maximum absolute atomic E-state index is 5.91. The molecule has 0 aliphatic carbocycles. The summed E-state index contributed by atoms with van der Waals surface area (Å²) >= 11 is 5.91. The van der Waals surface area contributed by atoms with Crippen LogP contribution in [0.25, 0.3) is 5.69 Å². The van der Waals surface area contributed by atoms with Gasteiger partial charge in [-0.05, 0) is 86.9 Å². The Kier molecular flexibility index (Phi) is 6.91. The molecule has 0 saturated carbocycles. The first-order valence-corrected chi connectivity index (χ1v) is 12.9. The van der Waals surface area contributed by atoms with Crippen molar-refractivity contribution in [1.82, 2.24) is 24.7 Å². The molecule has 2 aliphatic heterocycles. The van der Waals surface area contributed by atoms with E-state index in [2.05, 4.69) is 83.8 Å².